The summed E-state index contributed by atoms with van der Waals surface area (Å²) in [6.45, 7) is 7.04. The number of benzene rings is 6. The van der Waals surface area contributed by atoms with Crippen LogP contribution in [0.3, 0.4) is 0 Å². The van der Waals surface area contributed by atoms with Crippen LogP contribution in [-0.2, 0) is 12.4 Å². The third-order valence-corrected chi connectivity index (χ3v) is 11.1. The Balaban J connectivity index is 1.34. The second kappa shape index (κ2) is 16.3. The number of rotatable bonds is 7. The molecule has 0 spiro atoms. The van der Waals surface area contributed by atoms with Crippen molar-refractivity contribution in [2.75, 3.05) is 0 Å². The van der Waals surface area contributed by atoms with E-state index < -0.39 is 29.0 Å². The predicted octanol–water partition coefficient (Wildman–Crippen LogP) is 12.6. The van der Waals surface area contributed by atoms with Gasteiger partial charge in [-0.1, -0.05) is 97.1 Å². The van der Waals surface area contributed by atoms with Crippen LogP contribution in [0.2, 0.25) is 0 Å². The molecule has 16 heteroatoms. The monoisotopic (exact) mass is 900 g/mol. The second-order valence-electron chi connectivity index (χ2n) is 15.8. The Morgan fingerprint density at radius 3 is 1.25 bits per heavy atom. The van der Waals surface area contributed by atoms with E-state index in [0.29, 0.717) is 97.2 Å². The SMILES string of the molecule is Cc1nc(C)nc(-c2ccc3c4ccc(-c5nc(C)nc(C)n5)cc4n(-c4cc(-c5ccc(C(F)(F)F)cc5C(F)(F)F)ccc4-c4nc(-c5ccccc5)nc(-c5ccccc5)n4)c3c2)n1. The van der Waals surface area contributed by atoms with E-state index in [1.54, 1.807) is 33.8 Å². The maximum Gasteiger partial charge on any atom is 0.417 e. The first-order valence-electron chi connectivity index (χ1n) is 20.9. The van der Waals surface area contributed by atoms with E-state index in [1.807, 2.05) is 102 Å². The summed E-state index contributed by atoms with van der Waals surface area (Å²) in [5.41, 5.74) is 1.08. The summed E-state index contributed by atoms with van der Waals surface area (Å²) < 4.78 is 88.6. The van der Waals surface area contributed by atoms with Gasteiger partial charge in [0.1, 0.15) is 23.3 Å². The molecule has 0 saturated heterocycles. The number of hydrogen-bond donors (Lipinski definition) is 0. The number of nitrogens with zero attached hydrogens (tertiary/aromatic N) is 10. The van der Waals surface area contributed by atoms with E-state index in [0.717, 1.165) is 16.8 Å². The van der Waals surface area contributed by atoms with Crippen molar-refractivity contribution in [1.29, 1.82) is 0 Å². The molecular formula is C51H34F6N10. The quantitative estimate of drug-likeness (QED) is 0.144. The van der Waals surface area contributed by atoms with Gasteiger partial charge in [0.25, 0.3) is 0 Å². The lowest BCUT2D eigenvalue weighted by Gasteiger charge is -2.19. The topological polar surface area (TPSA) is 121 Å². The summed E-state index contributed by atoms with van der Waals surface area (Å²) in [6.07, 6.45) is -10.2. The average molecular weight is 901 g/mol. The zero-order chi connectivity index (χ0) is 46.8. The molecule has 0 radical (unpaired) electrons. The van der Waals surface area contributed by atoms with E-state index in [9.17, 15) is 26.3 Å². The first kappa shape index (κ1) is 42.7. The van der Waals surface area contributed by atoms with E-state index >= 15 is 0 Å². The van der Waals surface area contributed by atoms with E-state index in [1.165, 1.54) is 12.1 Å². The fourth-order valence-electron chi connectivity index (χ4n) is 8.26. The van der Waals surface area contributed by atoms with Gasteiger partial charge in [-0.2, -0.15) is 26.3 Å². The maximum atomic E-state index is 14.9. The highest BCUT2D eigenvalue weighted by Gasteiger charge is 2.38. The molecule has 10 aromatic rings. The molecule has 330 valence electrons. The van der Waals surface area contributed by atoms with Crippen molar-refractivity contribution in [3.63, 3.8) is 0 Å². The highest BCUT2D eigenvalue weighted by molar-refractivity contribution is 6.11. The maximum absolute atomic E-state index is 14.9. The molecule has 0 aliphatic carbocycles. The first-order valence-corrected chi connectivity index (χ1v) is 20.9. The molecule has 0 saturated carbocycles. The van der Waals surface area contributed by atoms with Crippen molar-refractivity contribution in [3.05, 3.63) is 168 Å². The van der Waals surface area contributed by atoms with Crippen molar-refractivity contribution in [1.82, 2.24) is 49.4 Å². The third kappa shape index (κ3) is 8.22. The van der Waals surface area contributed by atoms with Gasteiger partial charge in [-0.25, -0.2) is 44.9 Å². The zero-order valence-corrected chi connectivity index (χ0v) is 35.9. The van der Waals surface area contributed by atoms with Crippen LogP contribution in [0.1, 0.15) is 34.4 Å². The summed E-state index contributed by atoms with van der Waals surface area (Å²) >= 11 is 0. The normalized spacial score (nSPS) is 12.0. The Morgan fingerprint density at radius 1 is 0.358 bits per heavy atom. The van der Waals surface area contributed by atoms with Gasteiger partial charge in [-0.3, -0.25) is 0 Å². The predicted molar refractivity (Wildman–Crippen MR) is 243 cm³/mol. The van der Waals surface area contributed by atoms with Crippen LogP contribution in [0.25, 0.3) is 95.6 Å². The van der Waals surface area contributed by atoms with Crippen LogP contribution in [0, 0.1) is 27.7 Å². The van der Waals surface area contributed by atoms with Gasteiger partial charge in [0.05, 0.1) is 27.8 Å². The molecule has 0 fully saturated rings. The molecule has 0 atom stereocenters. The van der Waals surface area contributed by atoms with Crippen LogP contribution in [0.15, 0.2) is 133 Å². The minimum atomic E-state index is -5.16. The third-order valence-electron chi connectivity index (χ3n) is 11.1. The van der Waals surface area contributed by atoms with E-state index in [4.69, 9.17) is 15.0 Å². The van der Waals surface area contributed by atoms with Crippen LogP contribution in [-0.4, -0.2) is 49.4 Å². The van der Waals surface area contributed by atoms with Gasteiger partial charge < -0.3 is 4.57 Å². The number of alkyl halides is 6. The fourth-order valence-corrected chi connectivity index (χ4v) is 8.26. The Morgan fingerprint density at radius 2 is 0.791 bits per heavy atom. The smallest absolute Gasteiger partial charge is 0.308 e. The van der Waals surface area contributed by atoms with E-state index in [-0.39, 0.29) is 17.5 Å². The number of hydrogen-bond acceptors (Lipinski definition) is 9. The van der Waals surface area contributed by atoms with Crippen molar-refractivity contribution < 1.29 is 26.3 Å². The van der Waals surface area contributed by atoms with Gasteiger partial charge in [0, 0.05) is 38.6 Å². The molecule has 0 bridgehead atoms. The van der Waals surface area contributed by atoms with E-state index in [2.05, 4.69) is 29.9 Å². The zero-order valence-electron chi connectivity index (χ0n) is 35.9. The standard InChI is InChI=1S/C51H34F6N10/c1-27-58-28(2)61-47(60-27)34-16-19-38-39-20-17-35(48-62-29(3)59-30(4)63-48)25-43(39)67(42(38)24-34)44-23-33(37-22-18-36(50(52,53)54)26-41(37)51(55,56)57)15-21-40(44)49-65-45(31-11-7-5-8-12-31)64-46(66-49)32-13-9-6-10-14-32/h5-26H,1-4H3. The molecule has 0 unspecified atom stereocenters. The Hall–Kier alpha value is -8.27. The Bertz CT molecular complexity index is 3350. The number of fused-ring (bicyclic) bond motifs is 3. The second-order valence-corrected chi connectivity index (χ2v) is 15.8. The lowest BCUT2D eigenvalue weighted by atomic mass is 9.95. The van der Waals surface area contributed by atoms with Crippen molar-refractivity contribution in [2.45, 2.75) is 40.0 Å². The van der Waals surface area contributed by atoms with Crippen LogP contribution in [0.4, 0.5) is 26.3 Å². The molecule has 0 amide bonds. The van der Waals surface area contributed by atoms with Crippen LogP contribution >= 0.6 is 0 Å². The van der Waals surface area contributed by atoms with Gasteiger partial charge >= 0.3 is 12.4 Å². The molecule has 0 N–H and O–H groups in total. The molecule has 0 aliphatic heterocycles. The van der Waals surface area contributed by atoms with Gasteiger partial charge in [-0.15, -0.1) is 0 Å². The lowest BCUT2D eigenvalue weighted by Crippen LogP contribution is -2.12. The lowest BCUT2D eigenvalue weighted by molar-refractivity contribution is -0.142. The largest absolute Gasteiger partial charge is 0.417 e. The molecule has 6 aromatic carbocycles. The molecule has 10 nitrogen and oxygen atoms in total. The average Bonchev–Trinajstić information content (AvgIpc) is 3.63. The highest BCUT2D eigenvalue weighted by Crippen LogP contribution is 2.44. The van der Waals surface area contributed by atoms with Crippen LogP contribution in [0.5, 0.6) is 0 Å². The number of aromatic nitrogens is 10. The number of halogens is 6. The molecule has 4 heterocycles. The molecule has 0 aliphatic rings. The fraction of sp³-hybridized carbons (Fsp3) is 0.118. The van der Waals surface area contributed by atoms with Gasteiger partial charge in [0.2, 0.25) is 0 Å². The first-order chi connectivity index (χ1) is 32.1. The van der Waals surface area contributed by atoms with Gasteiger partial charge in [0.15, 0.2) is 29.1 Å². The minimum absolute atomic E-state index is 0.0184. The summed E-state index contributed by atoms with van der Waals surface area (Å²) in [4.78, 5) is 42.1. The molecule has 67 heavy (non-hydrogen) atoms. The van der Waals surface area contributed by atoms with Crippen molar-refractivity contribution in [3.8, 4) is 73.8 Å². The molecule has 10 rings (SSSR count). The summed E-state index contributed by atoms with van der Waals surface area (Å²) in [5.74, 6) is 3.62. The summed E-state index contributed by atoms with van der Waals surface area (Å²) in [6, 6.07) is 36.1. The van der Waals surface area contributed by atoms with Crippen molar-refractivity contribution in [2.24, 2.45) is 0 Å². The summed E-state index contributed by atoms with van der Waals surface area (Å²) in [5, 5.41) is 1.51. The highest BCUT2D eigenvalue weighted by atomic mass is 19.4. The Kier molecular flexibility index (Phi) is 10.4. The Labute approximate surface area is 378 Å². The molecule has 4 aromatic heterocycles. The van der Waals surface area contributed by atoms with Crippen molar-refractivity contribution >= 4 is 21.8 Å². The summed E-state index contributed by atoms with van der Waals surface area (Å²) in [7, 11) is 0. The minimum Gasteiger partial charge on any atom is -0.308 e. The van der Waals surface area contributed by atoms with Gasteiger partial charge in [-0.05, 0) is 75.2 Å². The van der Waals surface area contributed by atoms with Crippen LogP contribution < -0.4 is 0 Å². The number of aryl methyl sites for hydroxylation is 4. The molecular weight excluding hydrogens is 867 g/mol.